The average molecular weight is 913 g/mol. The third-order valence-corrected chi connectivity index (χ3v) is 11.9. The number of unbranched alkanes of at least 4 members (excludes halogenated alkanes) is 21. The van der Waals surface area contributed by atoms with E-state index < -0.39 is 71.2 Å². The first-order chi connectivity index (χ1) is 30.5. The maximum Gasteiger partial charge on any atom is 0.306 e. The summed E-state index contributed by atoms with van der Waals surface area (Å²) in [6, 6.07) is 0. The van der Waals surface area contributed by atoms with E-state index in [0.717, 1.165) is 51.4 Å². The Bertz CT molecular complexity index is 1350. The van der Waals surface area contributed by atoms with Crippen molar-refractivity contribution in [3.05, 3.63) is 48.6 Å². The highest BCUT2D eigenvalue weighted by atomic mass is 32.2. The SMILES string of the molecule is CCCCCCCC/C=C/C/C=C/CCC(=O)OC(COC(=O)CCCCCCCCC/C=C/C/C=C/CCCCCCCCCC)CO[C@H]1O[C@H](CS(=O)(=O)O)[C@@H](O)C(O)C1O. The number of carbonyl (C=O) groups excluding carboxylic acids is 2. The number of esters is 2. The number of aliphatic hydroxyl groups is 3. The topological polar surface area (TPSA) is 186 Å². The van der Waals surface area contributed by atoms with Crippen molar-refractivity contribution in [2.75, 3.05) is 19.0 Å². The van der Waals surface area contributed by atoms with Crippen LogP contribution < -0.4 is 0 Å². The van der Waals surface area contributed by atoms with E-state index in [0.29, 0.717) is 12.8 Å². The van der Waals surface area contributed by atoms with Gasteiger partial charge in [0.25, 0.3) is 10.1 Å². The van der Waals surface area contributed by atoms with E-state index in [-0.39, 0.29) is 19.4 Å². The summed E-state index contributed by atoms with van der Waals surface area (Å²) in [4.78, 5) is 25.4. The molecule has 4 N–H and O–H groups in total. The molecule has 0 aromatic heterocycles. The third-order valence-electron chi connectivity index (χ3n) is 11.1. The molecule has 1 aliphatic rings. The number of allylic oxidation sites excluding steroid dienone is 8. The fourth-order valence-corrected chi connectivity index (χ4v) is 7.98. The van der Waals surface area contributed by atoms with Crippen molar-refractivity contribution in [2.24, 2.45) is 0 Å². The molecular weight excluding hydrogens is 825 g/mol. The molecule has 1 rings (SSSR count). The van der Waals surface area contributed by atoms with Gasteiger partial charge in [-0.1, -0.05) is 172 Å². The molecule has 0 saturated carbocycles. The lowest BCUT2D eigenvalue weighted by molar-refractivity contribution is -0.297. The van der Waals surface area contributed by atoms with Crippen LogP contribution in [0.25, 0.3) is 0 Å². The number of carbonyl (C=O) groups is 2. The van der Waals surface area contributed by atoms with Gasteiger partial charge in [0, 0.05) is 12.8 Å². The van der Waals surface area contributed by atoms with E-state index in [1.54, 1.807) is 0 Å². The Balaban J connectivity index is 2.40. The highest BCUT2D eigenvalue weighted by Crippen LogP contribution is 2.24. The summed E-state index contributed by atoms with van der Waals surface area (Å²) < 4.78 is 54.0. The average Bonchev–Trinajstić information content (AvgIpc) is 3.25. The van der Waals surface area contributed by atoms with Gasteiger partial charge in [0.1, 0.15) is 36.8 Å². The molecule has 1 heterocycles. The molecule has 0 bridgehead atoms. The minimum Gasteiger partial charge on any atom is -0.462 e. The first-order valence-corrected chi connectivity index (χ1v) is 26.3. The Morgan fingerprint density at radius 2 is 0.984 bits per heavy atom. The zero-order valence-corrected chi connectivity index (χ0v) is 40.0. The van der Waals surface area contributed by atoms with Crippen LogP contribution in [0, 0.1) is 0 Å². The number of rotatable bonds is 41. The fraction of sp³-hybridized carbons (Fsp3) is 0.800. The molecule has 63 heavy (non-hydrogen) atoms. The van der Waals surface area contributed by atoms with Crippen LogP contribution in [-0.4, -0.2) is 96.0 Å². The molecule has 0 aliphatic carbocycles. The number of ether oxygens (including phenoxy) is 4. The van der Waals surface area contributed by atoms with Gasteiger partial charge >= 0.3 is 11.9 Å². The van der Waals surface area contributed by atoms with Crippen molar-refractivity contribution in [1.82, 2.24) is 0 Å². The highest BCUT2D eigenvalue weighted by molar-refractivity contribution is 7.85. The summed E-state index contributed by atoms with van der Waals surface area (Å²) in [6.07, 6.45) is 38.9. The molecule has 0 spiro atoms. The summed E-state index contributed by atoms with van der Waals surface area (Å²) in [6.45, 7) is 3.70. The lowest BCUT2D eigenvalue weighted by atomic mass is 10.00. The summed E-state index contributed by atoms with van der Waals surface area (Å²) >= 11 is 0. The molecule has 0 amide bonds. The van der Waals surface area contributed by atoms with Gasteiger partial charge in [-0.05, 0) is 64.2 Å². The highest BCUT2D eigenvalue weighted by Gasteiger charge is 2.46. The molecule has 13 heteroatoms. The first kappa shape index (κ1) is 58.6. The number of aliphatic hydroxyl groups excluding tert-OH is 3. The third kappa shape index (κ3) is 34.6. The van der Waals surface area contributed by atoms with Crippen molar-refractivity contribution >= 4 is 22.1 Å². The maximum atomic E-state index is 12.8. The molecule has 3 unspecified atom stereocenters. The van der Waals surface area contributed by atoms with Crippen molar-refractivity contribution in [2.45, 2.75) is 237 Å². The predicted octanol–water partition coefficient (Wildman–Crippen LogP) is 10.7. The van der Waals surface area contributed by atoms with Crippen LogP contribution in [0.5, 0.6) is 0 Å². The van der Waals surface area contributed by atoms with Crippen LogP contribution in [-0.2, 0) is 38.7 Å². The second-order valence-corrected chi connectivity index (χ2v) is 18.6. The predicted molar refractivity (Wildman–Crippen MR) is 252 cm³/mol. The van der Waals surface area contributed by atoms with E-state index in [9.17, 15) is 37.9 Å². The van der Waals surface area contributed by atoms with E-state index >= 15 is 0 Å². The minimum atomic E-state index is -4.61. The molecule has 0 radical (unpaired) electrons. The van der Waals surface area contributed by atoms with Crippen molar-refractivity contribution in [3.63, 3.8) is 0 Å². The smallest absolute Gasteiger partial charge is 0.306 e. The molecule has 12 nitrogen and oxygen atoms in total. The minimum absolute atomic E-state index is 0.0556. The lowest BCUT2D eigenvalue weighted by Crippen LogP contribution is -2.60. The van der Waals surface area contributed by atoms with Crippen LogP contribution in [0.1, 0.15) is 200 Å². The summed E-state index contributed by atoms with van der Waals surface area (Å²) in [5.41, 5.74) is 0. The van der Waals surface area contributed by atoms with Crippen LogP contribution >= 0.6 is 0 Å². The second-order valence-electron chi connectivity index (χ2n) is 17.1. The van der Waals surface area contributed by atoms with Gasteiger partial charge in [0.15, 0.2) is 12.4 Å². The van der Waals surface area contributed by atoms with Crippen LogP contribution in [0.3, 0.4) is 0 Å². The van der Waals surface area contributed by atoms with E-state index in [1.807, 2.05) is 12.2 Å². The van der Waals surface area contributed by atoms with Crippen molar-refractivity contribution in [1.29, 1.82) is 0 Å². The molecule has 1 fully saturated rings. The van der Waals surface area contributed by atoms with Crippen LogP contribution in [0.15, 0.2) is 48.6 Å². The van der Waals surface area contributed by atoms with Gasteiger partial charge < -0.3 is 34.3 Å². The standard InChI is InChI=1S/C50H88O12S/c1-3-5-7-9-11-13-15-17-18-19-20-21-22-23-24-25-27-28-30-32-34-36-38-45(51)59-40-43(41-60-50-49(55)48(54)47(53)44(62-50)42-63(56,57)58)61-46(52)39-37-35-33-31-29-26-16-14-12-10-8-6-4-2/h19-20,22-23,26,29,33,35,43-44,47-50,53-55H,3-18,21,24-25,27-28,30-32,34,36-42H2,1-2H3,(H,56,57,58)/b20-19+,23-22+,29-26+,35-33+/t43?,44-,47-,48?,49?,50+/m1/s1. The Morgan fingerprint density at radius 1 is 0.540 bits per heavy atom. The van der Waals surface area contributed by atoms with Crippen LogP contribution in [0.2, 0.25) is 0 Å². The van der Waals surface area contributed by atoms with Crippen LogP contribution in [0.4, 0.5) is 0 Å². The summed E-state index contributed by atoms with van der Waals surface area (Å²) in [7, 11) is -4.61. The molecule has 0 aromatic rings. The lowest BCUT2D eigenvalue weighted by Gasteiger charge is -2.40. The molecule has 1 aliphatic heterocycles. The van der Waals surface area contributed by atoms with Crippen molar-refractivity contribution < 1.29 is 56.8 Å². The quantitative estimate of drug-likeness (QED) is 0.0197. The Morgan fingerprint density at radius 3 is 1.46 bits per heavy atom. The van der Waals surface area contributed by atoms with Gasteiger partial charge in [0.2, 0.25) is 0 Å². The van der Waals surface area contributed by atoms with Gasteiger partial charge in [-0.25, -0.2) is 0 Å². The summed E-state index contributed by atoms with van der Waals surface area (Å²) in [5, 5.41) is 30.9. The zero-order valence-electron chi connectivity index (χ0n) is 39.2. The van der Waals surface area contributed by atoms with Gasteiger partial charge in [0.05, 0.1) is 6.61 Å². The van der Waals surface area contributed by atoms with Gasteiger partial charge in [-0.3, -0.25) is 14.1 Å². The molecule has 0 aromatic carbocycles. The Labute approximate surface area is 382 Å². The molecular formula is C50H88O12S. The number of hydrogen-bond acceptors (Lipinski definition) is 11. The zero-order chi connectivity index (χ0) is 46.2. The Kier molecular flexibility index (Phi) is 37.2. The first-order valence-electron chi connectivity index (χ1n) is 24.7. The molecule has 6 atom stereocenters. The van der Waals surface area contributed by atoms with Crippen molar-refractivity contribution in [3.8, 4) is 0 Å². The molecule has 1 saturated heterocycles. The second kappa shape index (κ2) is 39.9. The largest absolute Gasteiger partial charge is 0.462 e. The summed E-state index contributed by atoms with van der Waals surface area (Å²) in [5.74, 6) is -2.08. The van der Waals surface area contributed by atoms with E-state index in [2.05, 4.69) is 50.3 Å². The van der Waals surface area contributed by atoms with Gasteiger partial charge in [-0.2, -0.15) is 8.42 Å². The maximum absolute atomic E-state index is 12.8. The monoisotopic (exact) mass is 913 g/mol. The van der Waals surface area contributed by atoms with E-state index in [1.165, 1.54) is 109 Å². The Hall–Kier alpha value is -2.39. The molecule has 366 valence electrons. The fourth-order valence-electron chi connectivity index (χ4n) is 7.29. The number of hydrogen-bond donors (Lipinski definition) is 4. The van der Waals surface area contributed by atoms with Gasteiger partial charge in [-0.15, -0.1) is 0 Å². The normalized spacial score (nSPS) is 20.1. The van der Waals surface area contributed by atoms with E-state index in [4.69, 9.17) is 18.9 Å².